The lowest BCUT2D eigenvalue weighted by molar-refractivity contribution is 0.0565. The minimum atomic E-state index is -0.403. The second-order valence-corrected chi connectivity index (χ2v) is 4.14. The van der Waals surface area contributed by atoms with Gasteiger partial charge in [0.25, 0.3) is 0 Å². The Kier molecular flexibility index (Phi) is 5.09. The Morgan fingerprint density at radius 1 is 1.40 bits per heavy atom. The van der Waals surface area contributed by atoms with Gasteiger partial charge in [-0.25, -0.2) is 0 Å². The number of aliphatic hydroxyl groups excluding tert-OH is 1. The summed E-state index contributed by atoms with van der Waals surface area (Å²) >= 11 is 6.00. The Hall–Kier alpha value is -0.570. The Morgan fingerprint density at radius 3 is 2.67 bits per heavy atom. The minimum Gasteiger partial charge on any atom is -0.393 e. The van der Waals surface area contributed by atoms with E-state index in [1.165, 1.54) is 0 Å². The quantitative estimate of drug-likeness (QED) is 0.840. The van der Waals surface area contributed by atoms with E-state index in [0.717, 1.165) is 5.56 Å². The zero-order chi connectivity index (χ0) is 11.3. The summed E-state index contributed by atoms with van der Waals surface area (Å²) in [6.07, 6.45) is 0.872. The topological polar surface area (TPSA) is 29.5 Å². The van der Waals surface area contributed by atoms with E-state index in [1.807, 2.05) is 31.2 Å². The molecule has 3 heteroatoms. The Labute approximate surface area is 95.8 Å². The van der Waals surface area contributed by atoms with Crippen LogP contribution in [0, 0.1) is 0 Å². The van der Waals surface area contributed by atoms with E-state index in [0.29, 0.717) is 17.9 Å². The van der Waals surface area contributed by atoms with E-state index in [-0.39, 0.29) is 6.10 Å². The molecule has 15 heavy (non-hydrogen) atoms. The predicted molar refractivity (Wildman–Crippen MR) is 62.3 cm³/mol. The summed E-state index contributed by atoms with van der Waals surface area (Å²) in [6, 6.07) is 7.58. The Balaban J connectivity index is 2.51. The molecule has 0 aliphatic rings. The smallest absolute Gasteiger partial charge is 0.0605 e. The molecule has 0 bridgehead atoms. The molecule has 0 aromatic heterocycles. The molecule has 0 heterocycles. The number of aliphatic hydroxyl groups is 1. The molecule has 0 amide bonds. The van der Waals surface area contributed by atoms with Gasteiger partial charge in [0.15, 0.2) is 0 Å². The highest BCUT2D eigenvalue weighted by molar-refractivity contribution is 6.31. The van der Waals surface area contributed by atoms with E-state index in [9.17, 15) is 5.11 Å². The first-order valence-electron chi connectivity index (χ1n) is 5.07. The highest BCUT2D eigenvalue weighted by Crippen LogP contribution is 2.18. The molecule has 1 aromatic rings. The first-order valence-corrected chi connectivity index (χ1v) is 5.45. The molecule has 1 N–H and O–H groups in total. The van der Waals surface area contributed by atoms with Crippen LogP contribution in [0.1, 0.15) is 18.9 Å². The molecule has 0 saturated heterocycles. The first kappa shape index (κ1) is 12.5. The van der Waals surface area contributed by atoms with Crippen molar-refractivity contribution in [2.24, 2.45) is 0 Å². The minimum absolute atomic E-state index is 0.0717. The van der Waals surface area contributed by atoms with Gasteiger partial charge in [0.05, 0.1) is 12.2 Å². The SMILES string of the molecule is COC(C)CC(O)Cc1ccccc1Cl. The van der Waals surface area contributed by atoms with Crippen LogP contribution in [-0.2, 0) is 11.2 Å². The lowest BCUT2D eigenvalue weighted by Gasteiger charge is -2.15. The number of hydrogen-bond acceptors (Lipinski definition) is 2. The molecule has 2 nitrogen and oxygen atoms in total. The highest BCUT2D eigenvalue weighted by Gasteiger charge is 2.11. The van der Waals surface area contributed by atoms with Gasteiger partial charge in [0.1, 0.15) is 0 Å². The van der Waals surface area contributed by atoms with E-state index in [1.54, 1.807) is 7.11 Å². The van der Waals surface area contributed by atoms with Crippen molar-refractivity contribution in [2.75, 3.05) is 7.11 Å². The maximum atomic E-state index is 9.79. The van der Waals surface area contributed by atoms with Crippen molar-refractivity contribution >= 4 is 11.6 Å². The van der Waals surface area contributed by atoms with Gasteiger partial charge in [0.2, 0.25) is 0 Å². The molecule has 84 valence electrons. The van der Waals surface area contributed by atoms with Crippen molar-refractivity contribution in [1.82, 2.24) is 0 Å². The normalized spacial score (nSPS) is 14.9. The molecular weight excluding hydrogens is 212 g/mol. The average Bonchev–Trinajstić information content (AvgIpc) is 2.21. The van der Waals surface area contributed by atoms with E-state index in [4.69, 9.17) is 16.3 Å². The standard InChI is InChI=1S/C12H17ClO2/c1-9(15-2)7-11(14)8-10-5-3-4-6-12(10)13/h3-6,9,11,14H,7-8H2,1-2H3. The van der Waals surface area contributed by atoms with Crippen molar-refractivity contribution in [3.63, 3.8) is 0 Å². The fourth-order valence-corrected chi connectivity index (χ4v) is 1.69. The van der Waals surface area contributed by atoms with E-state index < -0.39 is 6.10 Å². The van der Waals surface area contributed by atoms with Gasteiger partial charge in [-0.05, 0) is 31.4 Å². The average molecular weight is 229 g/mol. The van der Waals surface area contributed by atoms with Crippen LogP contribution < -0.4 is 0 Å². The van der Waals surface area contributed by atoms with Gasteiger partial charge in [-0.2, -0.15) is 0 Å². The summed E-state index contributed by atoms with van der Waals surface area (Å²) in [6.45, 7) is 1.94. The van der Waals surface area contributed by atoms with Gasteiger partial charge in [0, 0.05) is 12.1 Å². The van der Waals surface area contributed by atoms with E-state index >= 15 is 0 Å². The third-order valence-electron chi connectivity index (χ3n) is 2.42. The fourth-order valence-electron chi connectivity index (χ4n) is 1.48. The van der Waals surface area contributed by atoms with Crippen LogP contribution in [0.4, 0.5) is 0 Å². The molecule has 1 aromatic carbocycles. The number of ether oxygens (including phenoxy) is 1. The van der Waals surface area contributed by atoms with Crippen LogP contribution in [0.3, 0.4) is 0 Å². The number of benzene rings is 1. The van der Waals surface area contributed by atoms with Gasteiger partial charge in [-0.1, -0.05) is 29.8 Å². The number of methoxy groups -OCH3 is 1. The first-order chi connectivity index (χ1) is 7.13. The molecule has 0 saturated carbocycles. The third kappa shape index (κ3) is 4.20. The Morgan fingerprint density at radius 2 is 2.07 bits per heavy atom. The molecule has 2 atom stereocenters. The highest BCUT2D eigenvalue weighted by atomic mass is 35.5. The zero-order valence-corrected chi connectivity index (χ0v) is 9.87. The van der Waals surface area contributed by atoms with E-state index in [2.05, 4.69) is 0 Å². The monoisotopic (exact) mass is 228 g/mol. The zero-order valence-electron chi connectivity index (χ0n) is 9.11. The summed E-state index contributed by atoms with van der Waals surface area (Å²) in [5.41, 5.74) is 0.981. The summed E-state index contributed by atoms with van der Waals surface area (Å²) in [7, 11) is 1.65. The van der Waals surface area contributed by atoms with Crippen molar-refractivity contribution < 1.29 is 9.84 Å². The maximum absolute atomic E-state index is 9.79. The van der Waals surface area contributed by atoms with Crippen LogP contribution in [0.25, 0.3) is 0 Å². The van der Waals surface area contributed by atoms with Gasteiger partial charge in [-0.3, -0.25) is 0 Å². The van der Waals surface area contributed by atoms with Crippen LogP contribution in [0.15, 0.2) is 24.3 Å². The second kappa shape index (κ2) is 6.11. The molecule has 0 aliphatic carbocycles. The van der Waals surface area contributed by atoms with Crippen LogP contribution in [0.2, 0.25) is 5.02 Å². The van der Waals surface area contributed by atoms with Crippen LogP contribution >= 0.6 is 11.6 Å². The molecule has 1 rings (SSSR count). The summed E-state index contributed by atoms with van der Waals surface area (Å²) in [5, 5.41) is 10.5. The lowest BCUT2D eigenvalue weighted by atomic mass is 10.0. The lowest BCUT2D eigenvalue weighted by Crippen LogP contribution is -2.19. The van der Waals surface area contributed by atoms with Crippen LogP contribution in [-0.4, -0.2) is 24.4 Å². The summed E-state index contributed by atoms with van der Waals surface area (Å²) < 4.78 is 5.10. The van der Waals surface area contributed by atoms with Gasteiger partial charge < -0.3 is 9.84 Å². The van der Waals surface area contributed by atoms with Gasteiger partial charge >= 0.3 is 0 Å². The number of halogens is 1. The summed E-state index contributed by atoms with van der Waals surface area (Å²) in [4.78, 5) is 0. The predicted octanol–water partition coefficient (Wildman–Crippen LogP) is 2.67. The van der Waals surface area contributed by atoms with Crippen LogP contribution in [0.5, 0.6) is 0 Å². The molecule has 2 unspecified atom stereocenters. The Bertz CT molecular complexity index is 301. The van der Waals surface area contributed by atoms with Crippen molar-refractivity contribution in [1.29, 1.82) is 0 Å². The van der Waals surface area contributed by atoms with Crippen molar-refractivity contribution in [2.45, 2.75) is 32.0 Å². The maximum Gasteiger partial charge on any atom is 0.0605 e. The molecule has 0 spiro atoms. The summed E-state index contributed by atoms with van der Waals surface area (Å²) in [5.74, 6) is 0. The van der Waals surface area contributed by atoms with Gasteiger partial charge in [-0.15, -0.1) is 0 Å². The number of hydrogen-bond donors (Lipinski definition) is 1. The largest absolute Gasteiger partial charge is 0.393 e. The molecule has 0 aliphatic heterocycles. The van der Waals surface area contributed by atoms with Crippen molar-refractivity contribution in [3.05, 3.63) is 34.9 Å². The molecule has 0 fully saturated rings. The van der Waals surface area contributed by atoms with Crippen molar-refractivity contribution in [3.8, 4) is 0 Å². The third-order valence-corrected chi connectivity index (χ3v) is 2.79. The molecular formula is C12H17ClO2. The fraction of sp³-hybridized carbons (Fsp3) is 0.500. The molecule has 0 radical (unpaired) electrons. The second-order valence-electron chi connectivity index (χ2n) is 3.73. The number of rotatable bonds is 5.